The Bertz CT molecular complexity index is 661. The van der Waals surface area contributed by atoms with Gasteiger partial charge in [-0.15, -0.1) is 0 Å². The van der Waals surface area contributed by atoms with E-state index >= 15 is 0 Å². The van der Waals surface area contributed by atoms with E-state index in [2.05, 4.69) is 45.6 Å². The van der Waals surface area contributed by atoms with Gasteiger partial charge < -0.3 is 30.3 Å². The van der Waals surface area contributed by atoms with Crippen molar-refractivity contribution in [3.05, 3.63) is 24.3 Å². The Balaban J connectivity index is 1.47. The summed E-state index contributed by atoms with van der Waals surface area (Å²) in [6.07, 6.45) is 5.07. The molecule has 1 aromatic carbocycles. The first kappa shape index (κ1) is 22.7. The summed E-state index contributed by atoms with van der Waals surface area (Å²) in [5, 5.41) is 16.7. The summed E-state index contributed by atoms with van der Waals surface area (Å²) in [4.78, 5) is 9.68. The number of aliphatic hydroxyl groups excluding tert-OH is 1. The minimum Gasteiger partial charge on any atom is -0.497 e. The summed E-state index contributed by atoms with van der Waals surface area (Å²) in [5.41, 5.74) is 1.22. The first-order chi connectivity index (χ1) is 14.7. The second-order valence-electron chi connectivity index (χ2n) is 8.32. The van der Waals surface area contributed by atoms with Crippen LogP contribution in [0.5, 0.6) is 5.75 Å². The lowest BCUT2D eigenvalue weighted by Crippen LogP contribution is -2.51. The lowest BCUT2D eigenvalue weighted by molar-refractivity contribution is 0.0824. The average Bonchev–Trinajstić information content (AvgIpc) is 2.78. The molecule has 1 aromatic rings. The normalized spacial score (nSPS) is 21.5. The van der Waals surface area contributed by atoms with Crippen LogP contribution >= 0.6 is 0 Å². The predicted molar refractivity (Wildman–Crippen MR) is 124 cm³/mol. The van der Waals surface area contributed by atoms with Gasteiger partial charge in [-0.25, -0.2) is 0 Å². The van der Waals surface area contributed by atoms with Crippen LogP contribution in [0, 0.1) is 0 Å². The lowest BCUT2D eigenvalue weighted by atomic mass is 10.0. The molecule has 2 saturated heterocycles. The third-order valence-electron chi connectivity index (χ3n) is 5.98. The molecule has 30 heavy (non-hydrogen) atoms. The molecule has 1 atom stereocenters. The molecule has 2 aliphatic heterocycles. The number of rotatable bonds is 8. The van der Waals surface area contributed by atoms with E-state index in [0.29, 0.717) is 6.04 Å². The van der Waals surface area contributed by atoms with Crippen LogP contribution < -0.4 is 20.3 Å². The lowest BCUT2D eigenvalue weighted by Gasteiger charge is -2.35. The van der Waals surface area contributed by atoms with Crippen molar-refractivity contribution in [1.82, 2.24) is 15.5 Å². The maximum absolute atomic E-state index is 9.63. The van der Waals surface area contributed by atoms with Crippen LogP contribution in [0.2, 0.25) is 0 Å². The van der Waals surface area contributed by atoms with Crippen LogP contribution in [-0.4, -0.2) is 81.0 Å². The summed E-state index contributed by atoms with van der Waals surface area (Å²) < 4.78 is 5.39. The molecule has 0 bridgehead atoms. The number of likely N-dealkylation sites (tertiary alicyclic amines) is 1. The first-order valence-corrected chi connectivity index (χ1v) is 11.5. The van der Waals surface area contributed by atoms with Crippen LogP contribution in [-0.2, 0) is 0 Å². The van der Waals surface area contributed by atoms with Crippen molar-refractivity contribution >= 4 is 11.6 Å². The monoisotopic (exact) mass is 417 g/mol. The zero-order chi connectivity index (χ0) is 21.2. The van der Waals surface area contributed by atoms with Gasteiger partial charge in [0.15, 0.2) is 5.96 Å². The number of hydrogen-bond acceptors (Lipinski definition) is 5. The molecule has 0 aliphatic carbocycles. The summed E-state index contributed by atoms with van der Waals surface area (Å²) in [6.45, 7) is 8.90. The molecule has 0 amide bonds. The van der Waals surface area contributed by atoms with Crippen LogP contribution in [0.1, 0.15) is 39.0 Å². The van der Waals surface area contributed by atoms with Crippen LogP contribution in [0.25, 0.3) is 0 Å². The van der Waals surface area contributed by atoms with Gasteiger partial charge >= 0.3 is 0 Å². The highest BCUT2D eigenvalue weighted by Crippen LogP contribution is 2.24. The number of benzene rings is 1. The molecular weight excluding hydrogens is 378 g/mol. The molecule has 3 N–H and O–H groups in total. The molecule has 0 radical (unpaired) electrons. The fourth-order valence-corrected chi connectivity index (χ4v) is 4.28. The summed E-state index contributed by atoms with van der Waals surface area (Å²) >= 11 is 0. The summed E-state index contributed by atoms with van der Waals surface area (Å²) in [6, 6.07) is 8.70. The van der Waals surface area contributed by atoms with Gasteiger partial charge in [0.1, 0.15) is 5.75 Å². The number of nitrogens with one attached hydrogen (secondary N) is 2. The molecule has 168 valence electrons. The highest BCUT2D eigenvalue weighted by atomic mass is 16.5. The number of aliphatic imine (C=N–C) groups is 1. The Hall–Kier alpha value is -1.99. The average molecular weight is 418 g/mol. The second kappa shape index (κ2) is 12.0. The van der Waals surface area contributed by atoms with Gasteiger partial charge in [0.05, 0.1) is 13.2 Å². The third-order valence-corrected chi connectivity index (χ3v) is 5.98. The molecular formula is C23H39N5O2. The molecule has 2 heterocycles. The van der Waals surface area contributed by atoms with E-state index in [1.807, 2.05) is 6.07 Å². The van der Waals surface area contributed by atoms with Gasteiger partial charge in [0, 0.05) is 57.1 Å². The maximum atomic E-state index is 9.63. The molecule has 2 aliphatic rings. The third kappa shape index (κ3) is 7.06. The molecule has 2 fully saturated rings. The van der Waals surface area contributed by atoms with Gasteiger partial charge in [-0.1, -0.05) is 6.07 Å². The zero-order valence-electron chi connectivity index (χ0n) is 18.6. The number of ether oxygens (including phenoxy) is 1. The molecule has 1 unspecified atom stereocenters. The smallest absolute Gasteiger partial charge is 0.191 e. The van der Waals surface area contributed by atoms with Gasteiger partial charge in [0.2, 0.25) is 0 Å². The van der Waals surface area contributed by atoms with E-state index in [4.69, 9.17) is 9.73 Å². The Morgan fingerprint density at radius 2 is 2.07 bits per heavy atom. The highest BCUT2D eigenvalue weighted by molar-refractivity contribution is 5.80. The number of guanidine groups is 1. The Morgan fingerprint density at radius 3 is 2.83 bits per heavy atom. The minimum atomic E-state index is -0.101. The fourth-order valence-electron chi connectivity index (χ4n) is 4.28. The zero-order valence-corrected chi connectivity index (χ0v) is 18.6. The van der Waals surface area contributed by atoms with Crippen LogP contribution in [0.3, 0.4) is 0 Å². The highest BCUT2D eigenvalue weighted by Gasteiger charge is 2.21. The summed E-state index contributed by atoms with van der Waals surface area (Å²) in [5.74, 6) is 1.82. The number of anilines is 1. The van der Waals surface area contributed by atoms with Crippen LogP contribution in [0.4, 0.5) is 5.69 Å². The Kier molecular flexibility index (Phi) is 9.08. The van der Waals surface area contributed by atoms with E-state index in [1.165, 1.54) is 5.69 Å². The number of hydrogen-bond donors (Lipinski definition) is 3. The standard InChI is InChI=1S/C23H39N5O2/c1-3-24-23(25-12-6-13-27-15-10-21(29)11-16-27)26-19-7-5-14-28(18-19)20-8-4-9-22(17-20)30-2/h4,8-9,17,19,21,29H,3,5-7,10-16,18H2,1-2H3,(H2,24,25,26). The fraction of sp³-hybridized carbons (Fsp3) is 0.696. The van der Waals surface area contributed by atoms with Crippen molar-refractivity contribution in [3.63, 3.8) is 0 Å². The van der Waals surface area contributed by atoms with E-state index in [1.54, 1.807) is 7.11 Å². The van der Waals surface area contributed by atoms with E-state index < -0.39 is 0 Å². The first-order valence-electron chi connectivity index (χ1n) is 11.5. The minimum absolute atomic E-state index is 0.101. The Morgan fingerprint density at radius 1 is 1.23 bits per heavy atom. The molecule has 7 heteroatoms. The topological polar surface area (TPSA) is 72.4 Å². The number of methoxy groups -OCH3 is 1. The van der Waals surface area contributed by atoms with E-state index in [9.17, 15) is 5.11 Å². The molecule has 0 spiro atoms. The maximum Gasteiger partial charge on any atom is 0.191 e. The van der Waals surface area contributed by atoms with Crippen molar-refractivity contribution in [2.24, 2.45) is 4.99 Å². The van der Waals surface area contributed by atoms with Crippen molar-refractivity contribution in [2.45, 2.75) is 51.2 Å². The molecule has 0 aromatic heterocycles. The van der Waals surface area contributed by atoms with Crippen molar-refractivity contribution in [1.29, 1.82) is 0 Å². The Labute approximate surface area is 181 Å². The van der Waals surface area contributed by atoms with Gasteiger partial charge in [-0.3, -0.25) is 4.99 Å². The largest absolute Gasteiger partial charge is 0.497 e. The molecule has 3 rings (SSSR count). The van der Waals surface area contributed by atoms with Gasteiger partial charge in [-0.2, -0.15) is 0 Å². The molecule has 0 saturated carbocycles. The van der Waals surface area contributed by atoms with Crippen molar-refractivity contribution < 1.29 is 9.84 Å². The second-order valence-corrected chi connectivity index (χ2v) is 8.32. The van der Waals surface area contributed by atoms with Crippen molar-refractivity contribution in [2.75, 3.05) is 57.8 Å². The number of piperidine rings is 2. The quantitative estimate of drug-likeness (QED) is 0.342. The van der Waals surface area contributed by atoms with E-state index in [0.717, 1.165) is 89.6 Å². The predicted octanol–water partition coefficient (Wildman–Crippen LogP) is 2.07. The number of aliphatic hydroxyl groups is 1. The SMILES string of the molecule is CCNC(=NCCCN1CCC(O)CC1)NC1CCCN(c2cccc(OC)c2)C1. The van der Waals surface area contributed by atoms with E-state index in [-0.39, 0.29) is 6.10 Å². The summed E-state index contributed by atoms with van der Waals surface area (Å²) in [7, 11) is 1.72. The van der Waals surface area contributed by atoms with Gasteiger partial charge in [0.25, 0.3) is 0 Å². The van der Waals surface area contributed by atoms with Gasteiger partial charge in [-0.05, 0) is 57.7 Å². The number of nitrogens with zero attached hydrogens (tertiary/aromatic N) is 3. The van der Waals surface area contributed by atoms with Crippen LogP contribution in [0.15, 0.2) is 29.3 Å². The molecule has 7 nitrogen and oxygen atoms in total. The van der Waals surface area contributed by atoms with Crippen molar-refractivity contribution in [3.8, 4) is 5.75 Å².